The van der Waals surface area contributed by atoms with Crippen molar-refractivity contribution in [3.8, 4) is 57.3 Å². The van der Waals surface area contributed by atoms with Gasteiger partial charge in [-0.25, -0.2) is 4.79 Å². The maximum atomic E-state index is 13.7. The molecule has 1 fully saturated rings. The van der Waals surface area contributed by atoms with Crippen LogP contribution >= 0.6 is 0 Å². The quantitative estimate of drug-likeness (QED) is 0.116. The molecule has 0 radical (unpaired) electrons. The van der Waals surface area contributed by atoms with Crippen LogP contribution in [0.1, 0.15) is 17.3 Å². The molecule has 0 spiro atoms. The van der Waals surface area contributed by atoms with E-state index in [0.717, 1.165) is 36.4 Å². The highest BCUT2D eigenvalue weighted by Gasteiger charge is 2.47. The number of hydrogen-bond donors (Lipinski definition) is 9. The Hall–Kier alpha value is -5.38. The zero-order valence-electron chi connectivity index (χ0n) is 21.9. The Kier molecular flexibility index (Phi) is 7.31. The molecular formula is C28H24O15. The third-order valence-electron chi connectivity index (χ3n) is 6.72. The molecule has 0 amide bonds. The predicted octanol–water partition coefficient (Wildman–Crippen LogP) is 1.47. The molecule has 1 aliphatic heterocycles. The highest BCUT2D eigenvalue weighted by Crippen LogP contribution is 2.40. The fourth-order valence-electron chi connectivity index (χ4n) is 4.48. The molecule has 2 heterocycles. The minimum Gasteiger partial charge on any atom is -0.508 e. The molecule has 3 aromatic carbocycles. The van der Waals surface area contributed by atoms with Crippen LogP contribution in [-0.4, -0.2) is 82.6 Å². The summed E-state index contributed by atoms with van der Waals surface area (Å²) in [6.07, 6.45) is -8.39. The van der Waals surface area contributed by atoms with Crippen LogP contribution in [0.25, 0.3) is 22.3 Å². The van der Waals surface area contributed by atoms with Gasteiger partial charge >= 0.3 is 5.97 Å². The summed E-state index contributed by atoms with van der Waals surface area (Å²) in [6, 6.07) is 6.72. The second kappa shape index (κ2) is 10.8. The Bertz CT molecular complexity index is 1770. The van der Waals surface area contributed by atoms with E-state index < -0.39 is 105 Å². The van der Waals surface area contributed by atoms with Crippen LogP contribution in [0.15, 0.2) is 51.7 Å². The highest BCUT2D eigenvalue weighted by molar-refractivity contribution is 5.91. The van der Waals surface area contributed by atoms with Crippen molar-refractivity contribution in [2.45, 2.75) is 37.6 Å². The molecule has 0 aliphatic carbocycles. The molecule has 0 bridgehead atoms. The molecule has 1 saturated heterocycles. The van der Waals surface area contributed by atoms with Crippen LogP contribution in [0, 0.1) is 0 Å². The second-order valence-corrected chi connectivity index (χ2v) is 9.67. The number of hydrogen-bond acceptors (Lipinski definition) is 15. The van der Waals surface area contributed by atoms with Gasteiger partial charge in [0.2, 0.25) is 17.5 Å². The van der Waals surface area contributed by atoms with E-state index in [0.29, 0.717) is 0 Å². The molecule has 1 aliphatic rings. The van der Waals surface area contributed by atoms with Crippen LogP contribution in [0.4, 0.5) is 0 Å². The molecule has 15 heteroatoms. The largest absolute Gasteiger partial charge is 0.508 e. The number of fused-ring (bicyclic) bond motifs is 1. The molecule has 43 heavy (non-hydrogen) atoms. The summed E-state index contributed by atoms with van der Waals surface area (Å²) >= 11 is 0. The molecule has 0 saturated carbocycles. The third-order valence-corrected chi connectivity index (χ3v) is 6.72. The van der Waals surface area contributed by atoms with Gasteiger partial charge in [0.15, 0.2) is 40.6 Å². The number of rotatable bonds is 5. The Labute approximate surface area is 239 Å². The van der Waals surface area contributed by atoms with Crippen molar-refractivity contribution in [1.82, 2.24) is 0 Å². The lowest BCUT2D eigenvalue weighted by Crippen LogP contribution is -2.60. The molecular weight excluding hydrogens is 576 g/mol. The smallest absolute Gasteiger partial charge is 0.339 e. The van der Waals surface area contributed by atoms with Crippen LogP contribution in [0.5, 0.6) is 46.0 Å². The molecule has 5 rings (SSSR count). The third kappa shape index (κ3) is 5.23. The minimum absolute atomic E-state index is 0.0415. The molecule has 15 nitrogen and oxygen atoms in total. The standard InChI is InChI=1S/C28H24O15/c1-9-20(35)23(38)26(42-27(39)11-5-16(33)21(36)17(34)6-11)28(40-9)43-25-22(37)19-15(32)7-12(29)8-18(19)41-24(25)10-2-3-13(30)14(31)4-10/h2-9,20,23,26,28-36,38H,1H3/t9-,20+,23-,26-,28+/m1/s1. The number of aliphatic hydroxyl groups is 2. The molecule has 5 atom stereocenters. The summed E-state index contributed by atoms with van der Waals surface area (Å²) in [5.41, 5.74) is -1.86. The van der Waals surface area contributed by atoms with E-state index in [1.165, 1.54) is 13.0 Å². The van der Waals surface area contributed by atoms with Crippen LogP contribution in [-0.2, 0) is 9.47 Å². The highest BCUT2D eigenvalue weighted by atomic mass is 16.7. The van der Waals surface area contributed by atoms with E-state index in [1.54, 1.807) is 0 Å². The summed E-state index contributed by atoms with van der Waals surface area (Å²) in [4.78, 5) is 26.6. The van der Waals surface area contributed by atoms with Gasteiger partial charge in [-0.1, -0.05) is 0 Å². The first-order valence-corrected chi connectivity index (χ1v) is 12.5. The first-order valence-electron chi connectivity index (χ1n) is 12.5. The SMILES string of the molecule is C[C@H]1O[C@@H](Oc2c(-c3ccc(O)c(O)c3)oc3cc(O)cc(O)c3c2=O)[C@H](OC(=O)c2cc(O)c(O)c(O)c2)[C@H](O)[C@H]1O. The molecule has 1 aromatic heterocycles. The van der Waals surface area contributed by atoms with E-state index in [9.17, 15) is 55.5 Å². The lowest BCUT2D eigenvalue weighted by Gasteiger charge is -2.40. The lowest BCUT2D eigenvalue weighted by atomic mass is 9.99. The number of benzene rings is 3. The minimum atomic E-state index is -1.88. The molecule has 4 aromatic rings. The molecule has 226 valence electrons. The number of phenolic OH excluding ortho intramolecular Hbond substituents is 7. The van der Waals surface area contributed by atoms with E-state index in [4.69, 9.17) is 18.6 Å². The van der Waals surface area contributed by atoms with Gasteiger partial charge in [0.1, 0.15) is 34.7 Å². The van der Waals surface area contributed by atoms with E-state index in [-0.39, 0.29) is 11.1 Å². The summed E-state index contributed by atoms with van der Waals surface area (Å²) in [5, 5.41) is 90.1. The van der Waals surface area contributed by atoms with Gasteiger partial charge in [-0.3, -0.25) is 4.79 Å². The van der Waals surface area contributed by atoms with Crippen molar-refractivity contribution in [3.05, 3.63) is 58.3 Å². The van der Waals surface area contributed by atoms with Gasteiger partial charge in [-0.15, -0.1) is 0 Å². The summed E-state index contributed by atoms with van der Waals surface area (Å²) in [5.74, 6) is -7.30. The van der Waals surface area contributed by atoms with Crippen molar-refractivity contribution in [2.75, 3.05) is 0 Å². The Morgan fingerprint density at radius 2 is 1.49 bits per heavy atom. The van der Waals surface area contributed by atoms with Crippen LogP contribution < -0.4 is 10.2 Å². The number of carbonyl (C=O) groups is 1. The topological polar surface area (TPSA) is 257 Å². The van der Waals surface area contributed by atoms with Crippen LogP contribution in [0.3, 0.4) is 0 Å². The first kappa shape index (κ1) is 29.1. The average molecular weight is 600 g/mol. The van der Waals surface area contributed by atoms with Crippen LogP contribution in [0.2, 0.25) is 0 Å². The second-order valence-electron chi connectivity index (χ2n) is 9.67. The summed E-state index contributed by atoms with van der Waals surface area (Å²) < 4.78 is 22.5. The Balaban J connectivity index is 1.62. The van der Waals surface area contributed by atoms with Crippen molar-refractivity contribution in [1.29, 1.82) is 0 Å². The van der Waals surface area contributed by atoms with Gasteiger partial charge in [-0.05, 0) is 37.3 Å². The number of esters is 1. The number of carbonyl (C=O) groups excluding carboxylic acids is 1. The van der Waals surface area contributed by atoms with E-state index >= 15 is 0 Å². The van der Waals surface area contributed by atoms with Gasteiger partial charge in [-0.2, -0.15) is 0 Å². The predicted molar refractivity (Wildman–Crippen MR) is 142 cm³/mol. The van der Waals surface area contributed by atoms with Gasteiger partial charge < -0.3 is 64.6 Å². The molecule has 9 N–H and O–H groups in total. The summed E-state index contributed by atoms with van der Waals surface area (Å²) in [7, 11) is 0. The van der Waals surface area contributed by atoms with Crippen molar-refractivity contribution < 1.29 is 69.4 Å². The van der Waals surface area contributed by atoms with Crippen molar-refractivity contribution in [2.24, 2.45) is 0 Å². The maximum absolute atomic E-state index is 13.7. The maximum Gasteiger partial charge on any atom is 0.339 e. The molecule has 0 unspecified atom stereocenters. The van der Waals surface area contributed by atoms with Gasteiger partial charge in [0, 0.05) is 17.7 Å². The van der Waals surface area contributed by atoms with E-state index in [2.05, 4.69) is 0 Å². The average Bonchev–Trinajstić information content (AvgIpc) is 2.94. The lowest BCUT2D eigenvalue weighted by molar-refractivity contribution is -0.267. The van der Waals surface area contributed by atoms with Gasteiger partial charge in [0.05, 0.1) is 11.7 Å². The Morgan fingerprint density at radius 3 is 2.14 bits per heavy atom. The monoisotopic (exact) mass is 600 g/mol. The zero-order chi connectivity index (χ0) is 31.3. The van der Waals surface area contributed by atoms with Crippen molar-refractivity contribution >= 4 is 16.9 Å². The fraction of sp³-hybridized carbons (Fsp3) is 0.214. The van der Waals surface area contributed by atoms with Crippen molar-refractivity contribution in [3.63, 3.8) is 0 Å². The number of aromatic hydroxyl groups is 7. The van der Waals surface area contributed by atoms with E-state index in [1.807, 2.05) is 0 Å². The zero-order valence-corrected chi connectivity index (χ0v) is 21.9. The summed E-state index contributed by atoms with van der Waals surface area (Å²) in [6.45, 7) is 1.34. The first-order chi connectivity index (χ1) is 20.3. The fourth-order valence-corrected chi connectivity index (χ4v) is 4.48. The van der Waals surface area contributed by atoms with Gasteiger partial charge in [0.25, 0.3) is 0 Å². The Morgan fingerprint density at radius 1 is 0.814 bits per heavy atom. The number of phenols is 7. The normalized spacial score (nSPS) is 21.9. The number of ether oxygens (including phenoxy) is 3. The number of aliphatic hydroxyl groups excluding tert-OH is 2.